The van der Waals surface area contributed by atoms with Crippen LogP contribution in [0.2, 0.25) is 0 Å². The van der Waals surface area contributed by atoms with Crippen LogP contribution < -0.4 is 5.32 Å². The van der Waals surface area contributed by atoms with Crippen LogP contribution in [0.1, 0.15) is 41.8 Å². The molecule has 0 saturated carbocycles. The first-order valence-electron chi connectivity index (χ1n) is 5.98. The van der Waals surface area contributed by atoms with Crippen molar-refractivity contribution in [2.75, 3.05) is 6.54 Å². The molecule has 3 heteroatoms. The second-order valence-corrected chi connectivity index (χ2v) is 5.49. The van der Waals surface area contributed by atoms with Crippen LogP contribution in [0.25, 0.3) is 0 Å². The van der Waals surface area contributed by atoms with Gasteiger partial charge in [0, 0.05) is 10.9 Å². The second-order valence-electron chi connectivity index (χ2n) is 4.32. The van der Waals surface area contributed by atoms with Gasteiger partial charge in [0.05, 0.1) is 10.7 Å². The fourth-order valence-electron chi connectivity index (χ4n) is 2.15. The number of nitrogens with one attached hydrogen (secondary N) is 1. The lowest BCUT2D eigenvalue weighted by molar-refractivity contribution is 0.400. The van der Waals surface area contributed by atoms with Crippen molar-refractivity contribution in [3.05, 3.63) is 15.6 Å². The van der Waals surface area contributed by atoms with E-state index in [2.05, 4.69) is 24.1 Å². The highest BCUT2D eigenvalue weighted by Gasteiger charge is 2.16. The van der Waals surface area contributed by atoms with Gasteiger partial charge in [0.1, 0.15) is 0 Å². The summed E-state index contributed by atoms with van der Waals surface area (Å²) < 4.78 is 0. The number of nitrogens with zero attached hydrogens (tertiary/aromatic N) is 1. The van der Waals surface area contributed by atoms with Crippen molar-refractivity contribution in [3.8, 4) is 0 Å². The largest absolute Gasteiger partial charge is 0.314 e. The van der Waals surface area contributed by atoms with E-state index in [1.54, 1.807) is 0 Å². The van der Waals surface area contributed by atoms with Crippen LogP contribution in [-0.2, 0) is 12.8 Å². The SMILES string of the molecule is CCc1nc(C)c(CC2CCCCN2)s1. The third-order valence-electron chi connectivity index (χ3n) is 3.08. The normalized spacial score (nSPS) is 21.9. The number of piperidine rings is 1. The van der Waals surface area contributed by atoms with Gasteiger partial charge in [0.2, 0.25) is 0 Å². The van der Waals surface area contributed by atoms with Gasteiger partial charge in [-0.25, -0.2) is 4.98 Å². The highest BCUT2D eigenvalue weighted by atomic mass is 32.1. The molecule has 1 aliphatic rings. The molecule has 1 aromatic heterocycles. The van der Waals surface area contributed by atoms with Gasteiger partial charge in [-0.2, -0.15) is 0 Å². The van der Waals surface area contributed by atoms with Crippen molar-refractivity contribution < 1.29 is 0 Å². The zero-order chi connectivity index (χ0) is 10.7. The molecule has 0 radical (unpaired) electrons. The van der Waals surface area contributed by atoms with E-state index in [0.29, 0.717) is 6.04 Å². The summed E-state index contributed by atoms with van der Waals surface area (Å²) in [6, 6.07) is 0.697. The molecule has 1 unspecified atom stereocenters. The van der Waals surface area contributed by atoms with Gasteiger partial charge in [-0.1, -0.05) is 13.3 Å². The van der Waals surface area contributed by atoms with E-state index in [1.165, 1.54) is 47.8 Å². The van der Waals surface area contributed by atoms with Crippen molar-refractivity contribution in [2.24, 2.45) is 0 Å². The molecule has 1 saturated heterocycles. The molecule has 1 aliphatic heterocycles. The molecule has 1 atom stereocenters. The highest BCUT2D eigenvalue weighted by molar-refractivity contribution is 7.11. The summed E-state index contributed by atoms with van der Waals surface area (Å²) in [5.41, 5.74) is 1.25. The van der Waals surface area contributed by atoms with Crippen LogP contribution in [-0.4, -0.2) is 17.6 Å². The number of hydrogen-bond acceptors (Lipinski definition) is 3. The monoisotopic (exact) mass is 224 g/mol. The Morgan fingerprint density at radius 1 is 1.47 bits per heavy atom. The molecular formula is C12H20N2S. The Bertz CT molecular complexity index is 313. The fraction of sp³-hybridized carbons (Fsp3) is 0.750. The van der Waals surface area contributed by atoms with Crippen molar-refractivity contribution >= 4 is 11.3 Å². The molecule has 15 heavy (non-hydrogen) atoms. The summed E-state index contributed by atoms with van der Waals surface area (Å²) in [7, 11) is 0. The van der Waals surface area contributed by atoms with Crippen LogP contribution in [0.4, 0.5) is 0 Å². The molecule has 2 rings (SSSR count). The Kier molecular flexibility index (Phi) is 3.76. The van der Waals surface area contributed by atoms with Gasteiger partial charge in [-0.3, -0.25) is 0 Å². The van der Waals surface area contributed by atoms with Crippen LogP contribution in [0.5, 0.6) is 0 Å². The molecule has 2 heterocycles. The number of hydrogen-bond donors (Lipinski definition) is 1. The van der Waals surface area contributed by atoms with Crippen molar-refractivity contribution in [1.82, 2.24) is 10.3 Å². The second kappa shape index (κ2) is 5.08. The first-order valence-corrected chi connectivity index (χ1v) is 6.79. The fourth-order valence-corrected chi connectivity index (χ4v) is 3.24. The minimum Gasteiger partial charge on any atom is -0.314 e. The Labute approximate surface area is 96.1 Å². The summed E-state index contributed by atoms with van der Waals surface area (Å²) >= 11 is 1.90. The van der Waals surface area contributed by atoms with Crippen LogP contribution >= 0.6 is 11.3 Å². The molecule has 1 fully saturated rings. The average Bonchev–Trinajstić information content (AvgIpc) is 2.61. The summed E-state index contributed by atoms with van der Waals surface area (Å²) in [6.45, 7) is 5.53. The van der Waals surface area contributed by atoms with E-state index in [4.69, 9.17) is 0 Å². The maximum absolute atomic E-state index is 4.59. The van der Waals surface area contributed by atoms with E-state index in [0.717, 1.165) is 6.42 Å². The average molecular weight is 224 g/mol. The highest BCUT2D eigenvalue weighted by Crippen LogP contribution is 2.22. The van der Waals surface area contributed by atoms with Crippen molar-refractivity contribution in [2.45, 2.75) is 52.0 Å². The Balaban J connectivity index is 1.99. The van der Waals surface area contributed by atoms with Gasteiger partial charge in [0.15, 0.2) is 0 Å². The van der Waals surface area contributed by atoms with Crippen LogP contribution in [0.15, 0.2) is 0 Å². The number of rotatable bonds is 3. The lowest BCUT2D eigenvalue weighted by Gasteiger charge is -2.22. The molecule has 2 nitrogen and oxygen atoms in total. The van der Waals surface area contributed by atoms with Crippen molar-refractivity contribution in [1.29, 1.82) is 0 Å². The first kappa shape index (κ1) is 11.1. The van der Waals surface area contributed by atoms with E-state index in [9.17, 15) is 0 Å². The van der Waals surface area contributed by atoms with E-state index >= 15 is 0 Å². The lowest BCUT2D eigenvalue weighted by Crippen LogP contribution is -2.35. The molecule has 0 bridgehead atoms. The van der Waals surface area contributed by atoms with E-state index < -0.39 is 0 Å². The molecule has 0 spiro atoms. The maximum Gasteiger partial charge on any atom is 0.0928 e. The van der Waals surface area contributed by atoms with Gasteiger partial charge in [0.25, 0.3) is 0 Å². The third-order valence-corrected chi connectivity index (χ3v) is 4.41. The van der Waals surface area contributed by atoms with Gasteiger partial charge in [-0.05, 0) is 39.2 Å². The van der Waals surface area contributed by atoms with E-state index in [-0.39, 0.29) is 0 Å². The number of aromatic nitrogens is 1. The number of thiazole rings is 1. The van der Waals surface area contributed by atoms with Gasteiger partial charge < -0.3 is 5.32 Å². The summed E-state index contributed by atoms with van der Waals surface area (Å²) in [6.07, 6.45) is 6.32. The Morgan fingerprint density at radius 2 is 2.33 bits per heavy atom. The van der Waals surface area contributed by atoms with Crippen molar-refractivity contribution in [3.63, 3.8) is 0 Å². The molecular weight excluding hydrogens is 204 g/mol. The topological polar surface area (TPSA) is 24.9 Å². The maximum atomic E-state index is 4.59. The predicted octanol–water partition coefficient (Wildman–Crippen LogP) is 2.70. The first-order chi connectivity index (χ1) is 7.29. The van der Waals surface area contributed by atoms with Gasteiger partial charge >= 0.3 is 0 Å². The smallest absolute Gasteiger partial charge is 0.0928 e. The quantitative estimate of drug-likeness (QED) is 0.854. The molecule has 0 aliphatic carbocycles. The predicted molar refractivity (Wildman–Crippen MR) is 65.6 cm³/mol. The minimum atomic E-state index is 0.697. The zero-order valence-corrected chi connectivity index (χ0v) is 10.5. The molecule has 1 N–H and O–H groups in total. The molecule has 0 aromatic carbocycles. The third kappa shape index (κ3) is 2.79. The van der Waals surface area contributed by atoms with E-state index in [1.807, 2.05) is 11.3 Å². The zero-order valence-electron chi connectivity index (χ0n) is 9.68. The number of aryl methyl sites for hydroxylation is 2. The Morgan fingerprint density at radius 3 is 2.93 bits per heavy atom. The van der Waals surface area contributed by atoms with Crippen LogP contribution in [0, 0.1) is 6.92 Å². The summed E-state index contributed by atoms with van der Waals surface area (Å²) in [4.78, 5) is 6.08. The standard InChI is InChI=1S/C12H20N2S/c1-3-12-14-9(2)11(15-12)8-10-6-4-5-7-13-10/h10,13H,3-8H2,1-2H3. The molecule has 84 valence electrons. The van der Waals surface area contributed by atoms with Gasteiger partial charge in [-0.15, -0.1) is 11.3 Å². The van der Waals surface area contributed by atoms with Crippen LogP contribution in [0.3, 0.4) is 0 Å². The summed E-state index contributed by atoms with van der Waals surface area (Å²) in [5.74, 6) is 0. The minimum absolute atomic E-state index is 0.697. The summed E-state index contributed by atoms with van der Waals surface area (Å²) in [5, 5.41) is 4.89. The molecule has 1 aromatic rings. The lowest BCUT2D eigenvalue weighted by atomic mass is 10.0. The Hall–Kier alpha value is -0.410. The molecule has 0 amide bonds.